The number of benzene rings is 2. The summed E-state index contributed by atoms with van der Waals surface area (Å²) in [5.41, 5.74) is 3.54. The van der Waals surface area contributed by atoms with Crippen LogP contribution in [0.25, 0.3) is 10.9 Å². The third kappa shape index (κ3) is 3.09. The topological polar surface area (TPSA) is 45.2 Å². The highest BCUT2D eigenvalue weighted by Gasteiger charge is 2.08. The van der Waals surface area contributed by atoms with E-state index in [0.717, 1.165) is 23.3 Å². The molecule has 0 saturated heterocycles. The normalized spacial score (nSPS) is 12.5. The van der Waals surface area contributed by atoms with Gasteiger partial charge in [-0.1, -0.05) is 30.3 Å². The molecule has 0 aliphatic rings. The van der Waals surface area contributed by atoms with Gasteiger partial charge in [-0.05, 0) is 36.2 Å². The van der Waals surface area contributed by atoms with Crippen LogP contribution in [0, 0.1) is 0 Å². The van der Waals surface area contributed by atoms with Gasteiger partial charge in [0.05, 0.1) is 6.10 Å². The molecular weight excluding hydrogens is 262 g/mol. The van der Waals surface area contributed by atoms with Crippen LogP contribution in [0.4, 0.5) is 0 Å². The Morgan fingerprint density at radius 1 is 1.05 bits per heavy atom. The van der Waals surface area contributed by atoms with E-state index in [9.17, 15) is 5.11 Å². The van der Waals surface area contributed by atoms with E-state index >= 15 is 0 Å². The minimum absolute atomic E-state index is 0.311. The Kier molecular flexibility index (Phi) is 3.93. The summed E-state index contributed by atoms with van der Waals surface area (Å²) in [7, 11) is 0. The third-order valence-electron chi connectivity index (χ3n) is 3.52. The van der Waals surface area contributed by atoms with Crippen LogP contribution in [-0.4, -0.2) is 22.8 Å². The van der Waals surface area contributed by atoms with Gasteiger partial charge < -0.3 is 14.8 Å². The van der Waals surface area contributed by atoms with Crippen LogP contribution in [-0.2, 0) is 6.42 Å². The molecule has 3 heteroatoms. The Bertz CT molecular complexity index is 731. The zero-order valence-corrected chi connectivity index (χ0v) is 12.0. The van der Waals surface area contributed by atoms with E-state index in [2.05, 4.69) is 35.3 Å². The van der Waals surface area contributed by atoms with Crippen LogP contribution in [0.2, 0.25) is 0 Å². The number of aliphatic hydroxyl groups excluding tert-OH is 1. The summed E-state index contributed by atoms with van der Waals surface area (Å²) < 4.78 is 5.71. The average Bonchev–Trinajstić information content (AvgIpc) is 2.96. The average molecular weight is 281 g/mol. The highest BCUT2D eigenvalue weighted by molar-refractivity contribution is 5.83. The van der Waals surface area contributed by atoms with Gasteiger partial charge in [0.15, 0.2) is 0 Å². The van der Waals surface area contributed by atoms with Crippen molar-refractivity contribution in [3.8, 4) is 5.75 Å². The van der Waals surface area contributed by atoms with Crippen LogP contribution < -0.4 is 4.74 Å². The van der Waals surface area contributed by atoms with E-state index in [-0.39, 0.29) is 0 Å². The number of aromatic amines is 1. The van der Waals surface area contributed by atoms with Crippen molar-refractivity contribution in [3.05, 3.63) is 65.9 Å². The molecule has 2 aromatic carbocycles. The largest absolute Gasteiger partial charge is 0.491 e. The summed E-state index contributed by atoms with van der Waals surface area (Å²) >= 11 is 0. The summed E-state index contributed by atoms with van der Waals surface area (Å²) in [6.45, 7) is 2.04. The van der Waals surface area contributed by atoms with E-state index in [4.69, 9.17) is 4.74 Å². The predicted molar refractivity (Wildman–Crippen MR) is 84.7 cm³/mol. The Morgan fingerprint density at radius 2 is 1.86 bits per heavy atom. The second-order valence-electron chi connectivity index (χ2n) is 5.30. The van der Waals surface area contributed by atoms with Gasteiger partial charge in [-0.25, -0.2) is 0 Å². The van der Waals surface area contributed by atoms with Crippen molar-refractivity contribution < 1.29 is 9.84 Å². The first-order valence-electron chi connectivity index (χ1n) is 7.18. The van der Waals surface area contributed by atoms with Crippen molar-refractivity contribution in [2.75, 3.05) is 6.61 Å². The predicted octanol–water partition coefficient (Wildman–Crippen LogP) is 3.52. The van der Waals surface area contributed by atoms with Crippen molar-refractivity contribution in [2.45, 2.75) is 19.4 Å². The fourth-order valence-electron chi connectivity index (χ4n) is 2.51. The molecule has 3 aromatic rings. The van der Waals surface area contributed by atoms with Crippen LogP contribution >= 0.6 is 0 Å². The highest BCUT2D eigenvalue weighted by atomic mass is 16.5. The number of para-hydroxylation sites is 1. The van der Waals surface area contributed by atoms with Gasteiger partial charge in [0, 0.05) is 23.5 Å². The summed E-state index contributed by atoms with van der Waals surface area (Å²) in [6.07, 6.45) is 2.31. The van der Waals surface area contributed by atoms with Gasteiger partial charge >= 0.3 is 0 Å². The number of nitrogens with one attached hydrogen (secondary N) is 1. The highest BCUT2D eigenvalue weighted by Crippen LogP contribution is 2.25. The molecule has 1 heterocycles. The number of hydrogen-bond donors (Lipinski definition) is 2. The number of ether oxygens (including phenoxy) is 1. The summed E-state index contributed by atoms with van der Waals surface area (Å²) in [6, 6.07) is 16.4. The zero-order chi connectivity index (χ0) is 14.7. The molecule has 3 nitrogen and oxygen atoms in total. The minimum Gasteiger partial charge on any atom is -0.491 e. The lowest BCUT2D eigenvalue weighted by Crippen LogP contribution is -2.13. The number of rotatable bonds is 5. The first-order valence-corrected chi connectivity index (χ1v) is 7.18. The molecule has 1 unspecified atom stereocenters. The number of hydrogen-bond acceptors (Lipinski definition) is 2. The smallest absolute Gasteiger partial charge is 0.122 e. The lowest BCUT2D eigenvalue weighted by atomic mass is 10.0. The molecule has 0 aliphatic carbocycles. The molecule has 21 heavy (non-hydrogen) atoms. The molecule has 0 amide bonds. The van der Waals surface area contributed by atoms with Gasteiger partial charge in [-0.2, -0.15) is 0 Å². The second kappa shape index (κ2) is 6.02. The Balaban J connectivity index is 1.89. The summed E-state index contributed by atoms with van der Waals surface area (Å²) in [5, 5.41) is 10.6. The van der Waals surface area contributed by atoms with E-state index in [1.807, 2.05) is 24.4 Å². The first kappa shape index (κ1) is 13.7. The quantitative estimate of drug-likeness (QED) is 0.751. The number of aromatic nitrogens is 1. The molecule has 0 fully saturated rings. The number of aliphatic hydroxyl groups is 1. The zero-order valence-electron chi connectivity index (χ0n) is 12.0. The Hall–Kier alpha value is -2.26. The fraction of sp³-hybridized carbons (Fsp3) is 0.222. The van der Waals surface area contributed by atoms with E-state index < -0.39 is 6.10 Å². The third-order valence-corrected chi connectivity index (χ3v) is 3.52. The Labute approximate surface area is 124 Å². The van der Waals surface area contributed by atoms with Gasteiger partial charge in [-0.3, -0.25) is 0 Å². The van der Waals surface area contributed by atoms with E-state index in [1.54, 1.807) is 6.92 Å². The molecule has 108 valence electrons. The van der Waals surface area contributed by atoms with Crippen molar-refractivity contribution in [1.82, 2.24) is 4.98 Å². The van der Waals surface area contributed by atoms with Gasteiger partial charge in [0.1, 0.15) is 12.4 Å². The molecule has 0 radical (unpaired) electrons. The first-order chi connectivity index (χ1) is 10.2. The maximum absolute atomic E-state index is 9.38. The minimum atomic E-state index is -0.467. The molecule has 2 N–H and O–H groups in total. The fourth-order valence-corrected chi connectivity index (χ4v) is 2.51. The van der Waals surface area contributed by atoms with E-state index in [1.165, 1.54) is 10.9 Å². The molecule has 1 aromatic heterocycles. The lowest BCUT2D eigenvalue weighted by Gasteiger charge is -2.13. The monoisotopic (exact) mass is 281 g/mol. The molecule has 3 rings (SSSR count). The Morgan fingerprint density at radius 3 is 2.71 bits per heavy atom. The molecule has 0 spiro atoms. The van der Waals surface area contributed by atoms with Crippen LogP contribution in [0.15, 0.2) is 54.7 Å². The van der Waals surface area contributed by atoms with Crippen molar-refractivity contribution in [2.24, 2.45) is 0 Å². The van der Waals surface area contributed by atoms with Crippen LogP contribution in [0.1, 0.15) is 18.1 Å². The van der Waals surface area contributed by atoms with Crippen LogP contribution in [0.3, 0.4) is 0 Å². The standard InChI is InChI=1S/C18H19NO2/c1-13(20)12-21-18-8-3-2-5-15(18)11-14-6-4-7-17-16(14)9-10-19-17/h2-10,13,19-20H,11-12H2,1H3. The summed E-state index contributed by atoms with van der Waals surface area (Å²) in [5.74, 6) is 0.839. The van der Waals surface area contributed by atoms with Crippen molar-refractivity contribution in [3.63, 3.8) is 0 Å². The maximum Gasteiger partial charge on any atom is 0.122 e. The SMILES string of the molecule is CC(O)COc1ccccc1Cc1cccc2[nH]ccc12. The molecule has 0 aliphatic heterocycles. The van der Waals surface area contributed by atoms with E-state index in [0.29, 0.717) is 6.61 Å². The molecule has 1 atom stereocenters. The van der Waals surface area contributed by atoms with Crippen LogP contribution in [0.5, 0.6) is 5.75 Å². The van der Waals surface area contributed by atoms with Crippen molar-refractivity contribution in [1.29, 1.82) is 0 Å². The molecule has 0 bridgehead atoms. The number of H-pyrrole nitrogens is 1. The van der Waals surface area contributed by atoms with Gasteiger partial charge in [-0.15, -0.1) is 0 Å². The number of fused-ring (bicyclic) bond motifs is 1. The maximum atomic E-state index is 9.38. The second-order valence-corrected chi connectivity index (χ2v) is 5.30. The van der Waals surface area contributed by atoms with Crippen molar-refractivity contribution >= 4 is 10.9 Å². The van der Waals surface area contributed by atoms with Gasteiger partial charge in [0.25, 0.3) is 0 Å². The molecular formula is C18H19NO2. The molecule has 0 saturated carbocycles. The summed E-state index contributed by atoms with van der Waals surface area (Å²) in [4.78, 5) is 3.24. The lowest BCUT2D eigenvalue weighted by molar-refractivity contribution is 0.122. The van der Waals surface area contributed by atoms with Gasteiger partial charge in [0.2, 0.25) is 0 Å².